The van der Waals surface area contributed by atoms with Gasteiger partial charge in [-0.05, 0) is 53.7 Å². The van der Waals surface area contributed by atoms with Gasteiger partial charge in [0.05, 0.1) is 16.3 Å². The third-order valence-electron chi connectivity index (χ3n) is 5.06. The Balaban J connectivity index is 1.19. The summed E-state index contributed by atoms with van der Waals surface area (Å²) < 4.78 is 10.6. The van der Waals surface area contributed by atoms with Crippen LogP contribution >= 0.6 is 23.5 Å². The standard InChI is InChI=1S/C22H17N3O6S2/c26-19-10-32-17-4-2-13(9-14(17)24-19)20(27)23-5-6-25-21(28)18(33-22(25)29)8-12-1-3-15-16(7-12)31-11-30-15/h1-4,7-9H,5-6,10-11H2,(H,23,27)(H,24,26)/b18-8-. The monoisotopic (exact) mass is 483 g/mol. The average Bonchev–Trinajstić information content (AvgIpc) is 3.37. The van der Waals surface area contributed by atoms with Crippen LogP contribution in [0.3, 0.4) is 0 Å². The maximum absolute atomic E-state index is 12.7. The van der Waals surface area contributed by atoms with E-state index in [1.54, 1.807) is 42.5 Å². The summed E-state index contributed by atoms with van der Waals surface area (Å²) in [6.45, 7) is 0.304. The predicted octanol–water partition coefficient (Wildman–Crippen LogP) is 2.93. The van der Waals surface area contributed by atoms with Crippen LogP contribution in [0.15, 0.2) is 46.2 Å². The molecule has 3 aliphatic heterocycles. The van der Waals surface area contributed by atoms with E-state index in [9.17, 15) is 19.2 Å². The molecule has 3 heterocycles. The van der Waals surface area contributed by atoms with Gasteiger partial charge in [0.1, 0.15) is 0 Å². The molecule has 11 heteroatoms. The highest BCUT2D eigenvalue weighted by Crippen LogP contribution is 2.36. The van der Waals surface area contributed by atoms with Gasteiger partial charge in [-0.15, -0.1) is 11.8 Å². The number of hydrogen-bond donors (Lipinski definition) is 2. The summed E-state index contributed by atoms with van der Waals surface area (Å²) >= 11 is 2.26. The molecule has 168 valence electrons. The summed E-state index contributed by atoms with van der Waals surface area (Å²) in [7, 11) is 0. The van der Waals surface area contributed by atoms with Gasteiger partial charge < -0.3 is 20.1 Å². The number of fused-ring (bicyclic) bond motifs is 2. The minimum atomic E-state index is -0.412. The molecule has 0 atom stereocenters. The molecule has 2 N–H and O–H groups in total. The topological polar surface area (TPSA) is 114 Å². The Kier molecular flexibility index (Phi) is 5.73. The van der Waals surface area contributed by atoms with Crippen LogP contribution in [0.2, 0.25) is 0 Å². The Bertz CT molecular complexity index is 1230. The molecule has 33 heavy (non-hydrogen) atoms. The maximum Gasteiger partial charge on any atom is 0.293 e. The van der Waals surface area contributed by atoms with Crippen molar-refractivity contribution in [3.8, 4) is 11.5 Å². The molecule has 4 amide bonds. The molecule has 9 nitrogen and oxygen atoms in total. The predicted molar refractivity (Wildman–Crippen MR) is 123 cm³/mol. The second kappa shape index (κ2) is 8.83. The van der Waals surface area contributed by atoms with E-state index < -0.39 is 11.1 Å². The van der Waals surface area contributed by atoms with E-state index >= 15 is 0 Å². The van der Waals surface area contributed by atoms with Crippen molar-refractivity contribution < 1.29 is 28.7 Å². The number of nitrogens with zero attached hydrogens (tertiary/aromatic N) is 1. The van der Waals surface area contributed by atoms with Crippen LogP contribution < -0.4 is 20.1 Å². The molecule has 0 aromatic heterocycles. The molecule has 0 saturated carbocycles. The number of imide groups is 1. The number of ether oxygens (including phenoxy) is 2. The summed E-state index contributed by atoms with van der Waals surface area (Å²) in [4.78, 5) is 51.4. The Labute approximate surface area is 196 Å². The van der Waals surface area contributed by atoms with E-state index in [1.807, 2.05) is 0 Å². The lowest BCUT2D eigenvalue weighted by Crippen LogP contribution is -2.37. The molecule has 2 aromatic carbocycles. The fourth-order valence-electron chi connectivity index (χ4n) is 3.45. The number of benzene rings is 2. The van der Waals surface area contributed by atoms with Crippen molar-refractivity contribution in [1.29, 1.82) is 0 Å². The van der Waals surface area contributed by atoms with Crippen molar-refractivity contribution in [3.63, 3.8) is 0 Å². The highest BCUT2D eigenvalue weighted by Gasteiger charge is 2.34. The summed E-state index contributed by atoms with van der Waals surface area (Å²) in [5, 5.41) is 5.07. The quantitative estimate of drug-likeness (QED) is 0.624. The van der Waals surface area contributed by atoms with Crippen molar-refractivity contribution in [1.82, 2.24) is 10.2 Å². The Morgan fingerprint density at radius 3 is 2.85 bits per heavy atom. The number of carbonyl (C=O) groups is 4. The minimum absolute atomic E-state index is 0.0480. The molecule has 2 aromatic rings. The van der Waals surface area contributed by atoms with Gasteiger partial charge in [0.25, 0.3) is 17.1 Å². The normalized spacial score (nSPS) is 17.9. The van der Waals surface area contributed by atoms with Gasteiger partial charge in [0, 0.05) is 23.5 Å². The average molecular weight is 484 g/mol. The third kappa shape index (κ3) is 4.41. The van der Waals surface area contributed by atoms with E-state index in [0.717, 1.165) is 27.1 Å². The first-order valence-corrected chi connectivity index (χ1v) is 11.8. The van der Waals surface area contributed by atoms with E-state index in [4.69, 9.17) is 9.47 Å². The lowest BCUT2D eigenvalue weighted by atomic mass is 10.2. The van der Waals surface area contributed by atoms with Gasteiger partial charge in [-0.2, -0.15) is 0 Å². The third-order valence-corrected chi connectivity index (χ3v) is 7.04. The lowest BCUT2D eigenvalue weighted by Gasteiger charge is -2.17. The van der Waals surface area contributed by atoms with Crippen LogP contribution in [0.4, 0.5) is 10.5 Å². The number of rotatable bonds is 5. The molecule has 1 fully saturated rings. The molecule has 0 spiro atoms. The number of anilines is 1. The SMILES string of the molecule is O=C1CSc2ccc(C(=O)NCCN3C(=O)S/C(=C\c4ccc5c(c4)OCO5)C3=O)cc2N1. The van der Waals surface area contributed by atoms with Gasteiger partial charge in [0.15, 0.2) is 11.5 Å². The zero-order valence-corrected chi connectivity index (χ0v) is 18.7. The second-order valence-electron chi connectivity index (χ2n) is 7.25. The Hall–Kier alpha value is -3.44. The van der Waals surface area contributed by atoms with Crippen LogP contribution in [0.5, 0.6) is 11.5 Å². The van der Waals surface area contributed by atoms with E-state index in [0.29, 0.717) is 33.4 Å². The summed E-state index contributed by atoms with van der Waals surface area (Å²) in [5.41, 5.74) is 1.70. The van der Waals surface area contributed by atoms with Crippen molar-refractivity contribution in [2.24, 2.45) is 0 Å². The number of carbonyl (C=O) groups excluding carboxylic acids is 4. The van der Waals surface area contributed by atoms with E-state index in [2.05, 4.69) is 10.6 Å². The fraction of sp³-hybridized carbons (Fsp3) is 0.182. The van der Waals surface area contributed by atoms with Crippen LogP contribution in [0.25, 0.3) is 6.08 Å². The first-order valence-electron chi connectivity index (χ1n) is 9.98. The van der Waals surface area contributed by atoms with Crippen LogP contribution in [-0.2, 0) is 9.59 Å². The summed E-state index contributed by atoms with van der Waals surface area (Å²) in [6.07, 6.45) is 1.63. The molecule has 0 unspecified atom stereocenters. The largest absolute Gasteiger partial charge is 0.454 e. The number of amides is 4. The molecular formula is C22H17N3O6S2. The number of hydrogen-bond acceptors (Lipinski definition) is 8. The highest BCUT2D eigenvalue weighted by atomic mass is 32.2. The van der Waals surface area contributed by atoms with Gasteiger partial charge >= 0.3 is 0 Å². The Morgan fingerprint density at radius 2 is 1.97 bits per heavy atom. The van der Waals surface area contributed by atoms with Crippen molar-refractivity contribution in [3.05, 3.63) is 52.4 Å². The number of thioether (sulfide) groups is 2. The Morgan fingerprint density at radius 1 is 1.12 bits per heavy atom. The molecule has 0 aliphatic carbocycles. The van der Waals surface area contributed by atoms with Crippen molar-refractivity contribution in [2.75, 3.05) is 31.0 Å². The second-order valence-corrected chi connectivity index (χ2v) is 9.26. The smallest absolute Gasteiger partial charge is 0.293 e. The summed E-state index contributed by atoms with van der Waals surface area (Å²) in [6, 6.07) is 10.3. The first kappa shape index (κ1) is 21.4. The van der Waals surface area contributed by atoms with Crippen molar-refractivity contribution >= 4 is 58.2 Å². The molecular weight excluding hydrogens is 466 g/mol. The molecule has 0 radical (unpaired) electrons. The molecule has 1 saturated heterocycles. The zero-order chi connectivity index (χ0) is 22.9. The summed E-state index contributed by atoms with van der Waals surface area (Å²) in [5.74, 6) is 0.691. The fourth-order valence-corrected chi connectivity index (χ4v) is 5.11. The van der Waals surface area contributed by atoms with Gasteiger partial charge in [-0.1, -0.05) is 6.07 Å². The lowest BCUT2D eigenvalue weighted by molar-refractivity contribution is -0.122. The van der Waals surface area contributed by atoms with Gasteiger partial charge in [0.2, 0.25) is 12.7 Å². The van der Waals surface area contributed by atoms with Crippen LogP contribution in [0.1, 0.15) is 15.9 Å². The van der Waals surface area contributed by atoms with E-state index in [-0.39, 0.29) is 31.7 Å². The first-order chi connectivity index (χ1) is 16.0. The highest BCUT2D eigenvalue weighted by molar-refractivity contribution is 8.18. The number of nitrogens with one attached hydrogen (secondary N) is 2. The maximum atomic E-state index is 12.7. The van der Waals surface area contributed by atoms with Crippen LogP contribution in [-0.4, -0.2) is 53.5 Å². The van der Waals surface area contributed by atoms with Gasteiger partial charge in [-0.25, -0.2) is 0 Å². The van der Waals surface area contributed by atoms with Crippen molar-refractivity contribution in [2.45, 2.75) is 4.90 Å². The molecule has 3 aliphatic rings. The van der Waals surface area contributed by atoms with E-state index in [1.165, 1.54) is 11.8 Å². The minimum Gasteiger partial charge on any atom is -0.454 e. The molecule has 0 bridgehead atoms. The molecule has 5 rings (SSSR count). The van der Waals surface area contributed by atoms with Crippen LogP contribution in [0, 0.1) is 0 Å². The van der Waals surface area contributed by atoms with Gasteiger partial charge in [-0.3, -0.25) is 24.1 Å². The zero-order valence-electron chi connectivity index (χ0n) is 17.1.